The van der Waals surface area contributed by atoms with E-state index >= 15 is 0 Å². The average molecular weight is 142 g/mol. The predicted octanol–water partition coefficient (Wildman–Crippen LogP) is 2.20. The fourth-order valence-electron chi connectivity index (χ4n) is 1.97. The fourth-order valence-corrected chi connectivity index (χ4v) is 1.97. The van der Waals surface area contributed by atoms with E-state index in [4.69, 9.17) is 5.11 Å². The van der Waals surface area contributed by atoms with Gasteiger partial charge >= 0.3 is 0 Å². The summed E-state index contributed by atoms with van der Waals surface area (Å²) in [7, 11) is 0. The minimum Gasteiger partial charge on any atom is -0.396 e. The molecule has 1 atom stereocenters. The Morgan fingerprint density at radius 2 is 2.00 bits per heavy atom. The van der Waals surface area contributed by atoms with E-state index in [-0.39, 0.29) is 0 Å². The summed E-state index contributed by atoms with van der Waals surface area (Å²) in [6.07, 6.45) is 6.65. The zero-order chi connectivity index (χ0) is 7.40. The summed E-state index contributed by atoms with van der Waals surface area (Å²) in [5.74, 6) is 1.68. The molecule has 1 aliphatic carbocycles. The average Bonchev–Trinajstić information content (AvgIpc) is 2.38. The van der Waals surface area contributed by atoms with E-state index in [0.29, 0.717) is 6.61 Å². The molecule has 0 radical (unpaired) electrons. The molecule has 0 aromatic heterocycles. The second-order valence-electron chi connectivity index (χ2n) is 3.53. The zero-order valence-electron chi connectivity index (χ0n) is 6.84. The molecule has 0 aromatic rings. The number of aliphatic hydroxyl groups excluding tert-OH is 1. The molecule has 1 aliphatic rings. The van der Waals surface area contributed by atoms with Gasteiger partial charge in [-0.2, -0.15) is 0 Å². The number of rotatable bonds is 3. The first kappa shape index (κ1) is 8.06. The minimum atomic E-state index is 0.373. The van der Waals surface area contributed by atoms with Crippen LogP contribution in [0.15, 0.2) is 0 Å². The fraction of sp³-hybridized carbons (Fsp3) is 1.00. The highest BCUT2D eigenvalue weighted by Crippen LogP contribution is 2.32. The lowest BCUT2D eigenvalue weighted by Crippen LogP contribution is -2.08. The summed E-state index contributed by atoms with van der Waals surface area (Å²) in [6.45, 7) is 2.64. The third kappa shape index (κ3) is 1.98. The highest BCUT2D eigenvalue weighted by molar-refractivity contribution is 4.72. The molecule has 1 nitrogen and oxygen atoms in total. The summed E-state index contributed by atoms with van der Waals surface area (Å²) in [5, 5.41) is 8.70. The van der Waals surface area contributed by atoms with Crippen LogP contribution in [-0.2, 0) is 0 Å². The third-order valence-corrected chi connectivity index (χ3v) is 2.79. The molecule has 0 spiro atoms. The summed E-state index contributed by atoms with van der Waals surface area (Å²) in [5.41, 5.74) is 0. The molecule has 0 heterocycles. The third-order valence-electron chi connectivity index (χ3n) is 2.79. The Labute approximate surface area is 63.4 Å². The van der Waals surface area contributed by atoms with Gasteiger partial charge in [-0.25, -0.2) is 0 Å². The van der Waals surface area contributed by atoms with Crippen LogP contribution in [0.25, 0.3) is 0 Å². The van der Waals surface area contributed by atoms with Crippen LogP contribution in [0.3, 0.4) is 0 Å². The van der Waals surface area contributed by atoms with Crippen molar-refractivity contribution in [2.24, 2.45) is 11.8 Å². The molecule has 1 saturated carbocycles. The van der Waals surface area contributed by atoms with Crippen molar-refractivity contribution >= 4 is 0 Å². The molecule has 0 saturated heterocycles. The molecule has 10 heavy (non-hydrogen) atoms. The molecule has 0 amide bonds. The maximum Gasteiger partial charge on any atom is 0.0433 e. The Morgan fingerprint density at radius 3 is 2.50 bits per heavy atom. The van der Waals surface area contributed by atoms with Gasteiger partial charge in [0.1, 0.15) is 0 Å². The van der Waals surface area contributed by atoms with Crippen LogP contribution in [0, 0.1) is 11.8 Å². The SMILES string of the molecule is CC(CCO)C1CCCC1. The highest BCUT2D eigenvalue weighted by atomic mass is 16.3. The quantitative estimate of drug-likeness (QED) is 0.640. The van der Waals surface area contributed by atoms with Gasteiger partial charge in [-0.05, 0) is 18.3 Å². The number of hydrogen-bond donors (Lipinski definition) is 1. The normalized spacial score (nSPS) is 23.4. The van der Waals surface area contributed by atoms with Gasteiger partial charge in [0.05, 0.1) is 0 Å². The van der Waals surface area contributed by atoms with Crippen LogP contribution >= 0.6 is 0 Å². The smallest absolute Gasteiger partial charge is 0.0433 e. The summed E-state index contributed by atoms with van der Waals surface area (Å²) in [6, 6.07) is 0. The molecular weight excluding hydrogens is 124 g/mol. The molecule has 1 N–H and O–H groups in total. The molecule has 1 rings (SSSR count). The van der Waals surface area contributed by atoms with Crippen LogP contribution in [0.2, 0.25) is 0 Å². The number of aliphatic hydroxyl groups is 1. The Kier molecular flexibility index (Phi) is 3.20. The first-order valence-electron chi connectivity index (χ1n) is 4.45. The van der Waals surface area contributed by atoms with Crippen molar-refractivity contribution in [2.75, 3.05) is 6.61 Å². The van der Waals surface area contributed by atoms with Gasteiger partial charge in [0.2, 0.25) is 0 Å². The van der Waals surface area contributed by atoms with Crippen molar-refractivity contribution in [2.45, 2.75) is 39.0 Å². The summed E-state index contributed by atoms with van der Waals surface area (Å²) >= 11 is 0. The first-order valence-corrected chi connectivity index (χ1v) is 4.45. The van der Waals surface area contributed by atoms with Gasteiger partial charge in [-0.3, -0.25) is 0 Å². The lowest BCUT2D eigenvalue weighted by Gasteiger charge is -2.16. The first-order chi connectivity index (χ1) is 4.84. The van der Waals surface area contributed by atoms with E-state index < -0.39 is 0 Å². The Hall–Kier alpha value is -0.0400. The van der Waals surface area contributed by atoms with Crippen molar-refractivity contribution in [3.05, 3.63) is 0 Å². The van der Waals surface area contributed by atoms with Crippen LogP contribution in [0.5, 0.6) is 0 Å². The molecule has 0 bridgehead atoms. The Morgan fingerprint density at radius 1 is 1.40 bits per heavy atom. The molecule has 1 unspecified atom stereocenters. The van der Waals surface area contributed by atoms with Gasteiger partial charge in [0.15, 0.2) is 0 Å². The molecule has 1 fully saturated rings. The van der Waals surface area contributed by atoms with Crippen LogP contribution < -0.4 is 0 Å². The summed E-state index contributed by atoms with van der Waals surface area (Å²) in [4.78, 5) is 0. The van der Waals surface area contributed by atoms with Crippen molar-refractivity contribution in [3.8, 4) is 0 Å². The van der Waals surface area contributed by atoms with Gasteiger partial charge < -0.3 is 5.11 Å². The van der Waals surface area contributed by atoms with Crippen molar-refractivity contribution < 1.29 is 5.11 Å². The lowest BCUT2D eigenvalue weighted by atomic mass is 9.90. The molecule has 60 valence electrons. The van der Waals surface area contributed by atoms with E-state index in [2.05, 4.69) is 6.92 Å². The largest absolute Gasteiger partial charge is 0.396 e. The maximum atomic E-state index is 8.70. The standard InChI is InChI=1S/C9H18O/c1-8(6-7-10)9-4-2-3-5-9/h8-10H,2-7H2,1H3. The van der Waals surface area contributed by atoms with Crippen molar-refractivity contribution in [1.82, 2.24) is 0 Å². The maximum absolute atomic E-state index is 8.70. The molecule has 1 heteroatoms. The minimum absolute atomic E-state index is 0.373. The van der Waals surface area contributed by atoms with Gasteiger partial charge in [-0.1, -0.05) is 32.6 Å². The Balaban J connectivity index is 2.18. The zero-order valence-corrected chi connectivity index (χ0v) is 6.84. The van der Waals surface area contributed by atoms with E-state index in [9.17, 15) is 0 Å². The van der Waals surface area contributed by atoms with Crippen LogP contribution in [0.4, 0.5) is 0 Å². The summed E-state index contributed by atoms with van der Waals surface area (Å²) < 4.78 is 0. The van der Waals surface area contributed by atoms with Crippen LogP contribution in [-0.4, -0.2) is 11.7 Å². The van der Waals surface area contributed by atoms with Crippen molar-refractivity contribution in [1.29, 1.82) is 0 Å². The lowest BCUT2D eigenvalue weighted by molar-refractivity contribution is 0.230. The second kappa shape index (κ2) is 3.97. The van der Waals surface area contributed by atoms with Gasteiger partial charge in [0.25, 0.3) is 0 Å². The second-order valence-corrected chi connectivity index (χ2v) is 3.53. The van der Waals surface area contributed by atoms with Gasteiger partial charge in [0, 0.05) is 6.61 Å². The van der Waals surface area contributed by atoms with Gasteiger partial charge in [-0.15, -0.1) is 0 Å². The molecule has 0 aliphatic heterocycles. The van der Waals surface area contributed by atoms with E-state index in [0.717, 1.165) is 18.3 Å². The topological polar surface area (TPSA) is 20.2 Å². The molecular formula is C9H18O. The van der Waals surface area contributed by atoms with Crippen LogP contribution in [0.1, 0.15) is 39.0 Å². The number of hydrogen-bond acceptors (Lipinski definition) is 1. The van der Waals surface area contributed by atoms with E-state index in [1.165, 1.54) is 25.7 Å². The van der Waals surface area contributed by atoms with Crippen molar-refractivity contribution in [3.63, 3.8) is 0 Å². The highest BCUT2D eigenvalue weighted by Gasteiger charge is 2.20. The van der Waals surface area contributed by atoms with E-state index in [1.54, 1.807) is 0 Å². The predicted molar refractivity (Wildman–Crippen MR) is 42.8 cm³/mol. The Bertz CT molecular complexity index is 84.7. The van der Waals surface area contributed by atoms with E-state index in [1.807, 2.05) is 0 Å². The molecule has 0 aromatic carbocycles. The monoisotopic (exact) mass is 142 g/mol.